The van der Waals surface area contributed by atoms with Gasteiger partial charge in [0.15, 0.2) is 0 Å². The van der Waals surface area contributed by atoms with Gasteiger partial charge >= 0.3 is 0 Å². The molecule has 1 aromatic heterocycles. The molecule has 0 aliphatic heterocycles. The molecular formula is C13H24N4O. The Morgan fingerprint density at radius 3 is 2.44 bits per heavy atom. The van der Waals surface area contributed by atoms with Crippen LogP contribution < -0.4 is 10.1 Å². The van der Waals surface area contributed by atoms with Gasteiger partial charge in [0, 0.05) is 18.6 Å². The van der Waals surface area contributed by atoms with Crippen molar-refractivity contribution in [1.29, 1.82) is 0 Å². The fraction of sp³-hybridized carbons (Fsp3) is 0.692. The van der Waals surface area contributed by atoms with Gasteiger partial charge in [-0.2, -0.15) is 0 Å². The molecule has 18 heavy (non-hydrogen) atoms. The van der Waals surface area contributed by atoms with Crippen molar-refractivity contribution in [2.75, 3.05) is 27.2 Å². The molecule has 0 saturated heterocycles. The van der Waals surface area contributed by atoms with Crippen LogP contribution in [0.5, 0.6) is 5.88 Å². The summed E-state index contributed by atoms with van der Waals surface area (Å²) in [6.45, 7) is 8.59. The van der Waals surface area contributed by atoms with E-state index in [1.807, 2.05) is 14.1 Å². The van der Waals surface area contributed by atoms with Crippen LogP contribution in [-0.2, 0) is 6.54 Å². The van der Waals surface area contributed by atoms with Crippen LogP contribution in [0.15, 0.2) is 12.4 Å². The Morgan fingerprint density at radius 1 is 1.22 bits per heavy atom. The third kappa shape index (κ3) is 6.51. The maximum Gasteiger partial charge on any atom is 0.232 e. The zero-order valence-electron chi connectivity index (χ0n) is 12.0. The molecule has 0 atom stereocenters. The van der Waals surface area contributed by atoms with Gasteiger partial charge in [0.1, 0.15) is 6.61 Å². The minimum absolute atomic E-state index is 0.0859. The second kappa shape index (κ2) is 6.66. The van der Waals surface area contributed by atoms with E-state index in [4.69, 9.17) is 4.74 Å². The average molecular weight is 252 g/mol. The molecule has 5 nitrogen and oxygen atoms in total. The number of ether oxygens (including phenoxy) is 1. The van der Waals surface area contributed by atoms with Crippen molar-refractivity contribution in [1.82, 2.24) is 20.2 Å². The Hall–Kier alpha value is -1.20. The Morgan fingerprint density at radius 2 is 1.94 bits per heavy atom. The summed E-state index contributed by atoms with van der Waals surface area (Å²) in [6, 6.07) is 0. The van der Waals surface area contributed by atoms with Crippen LogP contribution in [0.4, 0.5) is 0 Å². The molecular weight excluding hydrogens is 228 g/mol. The lowest BCUT2D eigenvalue weighted by atomic mass is 10.1. The van der Waals surface area contributed by atoms with Gasteiger partial charge in [-0.3, -0.25) is 4.98 Å². The minimum Gasteiger partial charge on any atom is -0.475 e. The summed E-state index contributed by atoms with van der Waals surface area (Å²) in [5, 5.41) is 3.37. The Bertz CT molecular complexity index is 343. The molecule has 0 aliphatic rings. The molecule has 1 aromatic rings. The fourth-order valence-corrected chi connectivity index (χ4v) is 1.20. The highest BCUT2D eigenvalue weighted by Gasteiger charge is 2.09. The van der Waals surface area contributed by atoms with Crippen LogP contribution in [0.25, 0.3) is 0 Å². The SMILES string of the molecule is CN(C)CCOc1cnc(CNC(C)(C)C)cn1. The lowest BCUT2D eigenvalue weighted by Crippen LogP contribution is -2.35. The lowest BCUT2D eigenvalue weighted by Gasteiger charge is -2.20. The largest absolute Gasteiger partial charge is 0.475 e. The van der Waals surface area contributed by atoms with Crippen LogP contribution in [0.3, 0.4) is 0 Å². The van der Waals surface area contributed by atoms with Gasteiger partial charge in [-0.25, -0.2) is 4.98 Å². The van der Waals surface area contributed by atoms with Crippen molar-refractivity contribution in [2.45, 2.75) is 32.9 Å². The minimum atomic E-state index is 0.0859. The summed E-state index contributed by atoms with van der Waals surface area (Å²) in [7, 11) is 4.02. The second-order valence-electron chi connectivity index (χ2n) is 5.60. The maximum absolute atomic E-state index is 5.48. The molecule has 0 saturated carbocycles. The smallest absolute Gasteiger partial charge is 0.232 e. The summed E-state index contributed by atoms with van der Waals surface area (Å²) < 4.78 is 5.48. The quantitative estimate of drug-likeness (QED) is 0.827. The van der Waals surface area contributed by atoms with Crippen molar-refractivity contribution in [2.24, 2.45) is 0 Å². The van der Waals surface area contributed by atoms with Gasteiger partial charge in [-0.15, -0.1) is 0 Å². The van der Waals surface area contributed by atoms with E-state index in [1.54, 1.807) is 12.4 Å². The highest BCUT2D eigenvalue weighted by molar-refractivity contribution is 5.07. The van der Waals surface area contributed by atoms with E-state index in [9.17, 15) is 0 Å². The van der Waals surface area contributed by atoms with Crippen LogP contribution in [0.1, 0.15) is 26.5 Å². The topological polar surface area (TPSA) is 50.3 Å². The normalized spacial score (nSPS) is 11.9. The van der Waals surface area contributed by atoms with Gasteiger partial charge in [0.05, 0.1) is 18.1 Å². The van der Waals surface area contributed by atoms with Crippen LogP contribution in [0.2, 0.25) is 0 Å². The molecule has 0 aromatic carbocycles. The van der Waals surface area contributed by atoms with Gasteiger partial charge < -0.3 is 15.0 Å². The maximum atomic E-state index is 5.48. The summed E-state index contributed by atoms with van der Waals surface area (Å²) in [5.74, 6) is 0.580. The first-order chi connectivity index (χ1) is 8.37. The van der Waals surface area contributed by atoms with E-state index >= 15 is 0 Å². The van der Waals surface area contributed by atoms with Gasteiger partial charge in [-0.05, 0) is 34.9 Å². The number of hydrogen-bond donors (Lipinski definition) is 1. The Kier molecular flexibility index (Phi) is 5.50. The van der Waals surface area contributed by atoms with Gasteiger partial charge in [0.2, 0.25) is 5.88 Å². The molecule has 0 fully saturated rings. The molecule has 1 heterocycles. The van der Waals surface area contributed by atoms with Crippen molar-refractivity contribution in [3.05, 3.63) is 18.1 Å². The summed E-state index contributed by atoms with van der Waals surface area (Å²) in [4.78, 5) is 10.6. The number of nitrogens with one attached hydrogen (secondary N) is 1. The van der Waals surface area contributed by atoms with E-state index in [0.29, 0.717) is 19.0 Å². The molecule has 0 radical (unpaired) electrons. The molecule has 0 aliphatic carbocycles. The molecule has 0 unspecified atom stereocenters. The number of aromatic nitrogens is 2. The predicted molar refractivity (Wildman–Crippen MR) is 72.7 cm³/mol. The third-order valence-electron chi connectivity index (χ3n) is 2.27. The second-order valence-corrected chi connectivity index (χ2v) is 5.60. The molecule has 1 N–H and O–H groups in total. The first-order valence-corrected chi connectivity index (χ1v) is 6.20. The predicted octanol–water partition coefficient (Wildman–Crippen LogP) is 1.31. The summed E-state index contributed by atoms with van der Waals surface area (Å²) in [6.07, 6.45) is 3.43. The molecule has 5 heteroatoms. The first kappa shape index (κ1) is 14.9. The van der Waals surface area contributed by atoms with Crippen molar-refractivity contribution in [3.63, 3.8) is 0 Å². The van der Waals surface area contributed by atoms with Gasteiger partial charge in [0.25, 0.3) is 0 Å². The van der Waals surface area contributed by atoms with Crippen molar-refractivity contribution >= 4 is 0 Å². The molecule has 0 spiro atoms. The van der Waals surface area contributed by atoms with E-state index < -0.39 is 0 Å². The zero-order valence-corrected chi connectivity index (χ0v) is 12.0. The van der Waals surface area contributed by atoms with Crippen LogP contribution in [0, 0.1) is 0 Å². The number of likely N-dealkylation sites (N-methyl/N-ethyl adjacent to an activating group) is 1. The van der Waals surface area contributed by atoms with E-state index in [0.717, 1.165) is 12.2 Å². The number of rotatable bonds is 6. The van der Waals surface area contributed by atoms with Gasteiger partial charge in [-0.1, -0.05) is 0 Å². The van der Waals surface area contributed by atoms with E-state index in [2.05, 4.69) is 41.0 Å². The molecule has 102 valence electrons. The number of nitrogens with zero attached hydrogens (tertiary/aromatic N) is 3. The first-order valence-electron chi connectivity index (χ1n) is 6.20. The molecule has 1 rings (SSSR count). The highest BCUT2D eigenvalue weighted by atomic mass is 16.5. The summed E-state index contributed by atoms with van der Waals surface area (Å²) in [5.41, 5.74) is 1.01. The zero-order chi connectivity index (χ0) is 13.6. The van der Waals surface area contributed by atoms with Crippen molar-refractivity contribution < 1.29 is 4.74 Å². The van der Waals surface area contributed by atoms with Crippen molar-refractivity contribution in [3.8, 4) is 5.88 Å². The monoisotopic (exact) mass is 252 g/mol. The van der Waals surface area contributed by atoms with Crippen LogP contribution >= 0.6 is 0 Å². The average Bonchev–Trinajstić information content (AvgIpc) is 2.26. The standard InChI is InChI=1S/C13H24N4O/c1-13(2,3)16-9-11-8-15-12(10-14-11)18-7-6-17(4)5/h8,10,16H,6-7,9H2,1-5H3. The van der Waals surface area contributed by atoms with E-state index in [-0.39, 0.29) is 5.54 Å². The Balaban J connectivity index is 2.38. The lowest BCUT2D eigenvalue weighted by molar-refractivity contribution is 0.252. The summed E-state index contributed by atoms with van der Waals surface area (Å²) >= 11 is 0. The number of hydrogen-bond acceptors (Lipinski definition) is 5. The third-order valence-corrected chi connectivity index (χ3v) is 2.27. The molecule has 0 amide bonds. The Labute approximate surface area is 110 Å². The van der Waals surface area contributed by atoms with E-state index in [1.165, 1.54) is 0 Å². The molecule has 0 bridgehead atoms. The highest BCUT2D eigenvalue weighted by Crippen LogP contribution is 2.05. The van der Waals surface area contributed by atoms with Crippen LogP contribution in [-0.4, -0.2) is 47.7 Å². The fourth-order valence-electron chi connectivity index (χ4n) is 1.20.